The Kier molecular flexibility index (Phi) is 3.53. The van der Waals surface area contributed by atoms with Crippen molar-refractivity contribution >= 4 is 11.6 Å². The summed E-state index contributed by atoms with van der Waals surface area (Å²) in [4.78, 5) is 0. The van der Waals surface area contributed by atoms with Crippen molar-refractivity contribution in [3.05, 3.63) is 11.4 Å². The molecule has 0 saturated heterocycles. The van der Waals surface area contributed by atoms with E-state index in [9.17, 15) is 0 Å². The van der Waals surface area contributed by atoms with Crippen molar-refractivity contribution < 1.29 is 0 Å². The minimum absolute atomic E-state index is 0.401. The van der Waals surface area contributed by atoms with E-state index in [1.54, 1.807) is 0 Å². The van der Waals surface area contributed by atoms with Gasteiger partial charge < -0.3 is 0 Å². The van der Waals surface area contributed by atoms with E-state index in [-0.39, 0.29) is 0 Å². The number of halogens is 1. The first kappa shape index (κ1) is 11.9. The lowest BCUT2D eigenvalue weighted by molar-refractivity contribution is 0.356. The van der Waals surface area contributed by atoms with Crippen LogP contribution in [0.1, 0.15) is 51.0 Å². The van der Waals surface area contributed by atoms with Crippen LogP contribution >= 0.6 is 11.6 Å². The van der Waals surface area contributed by atoms with Gasteiger partial charge in [0, 0.05) is 0 Å². The average molecular weight is 242 g/mol. The van der Waals surface area contributed by atoms with Gasteiger partial charge in [-0.05, 0) is 38.0 Å². The minimum atomic E-state index is 0.401. The summed E-state index contributed by atoms with van der Waals surface area (Å²) in [6.07, 6.45) is 3.80. The molecule has 1 saturated carbocycles. The molecule has 1 atom stereocenters. The summed E-state index contributed by atoms with van der Waals surface area (Å²) in [5.41, 5.74) is 2.24. The summed E-state index contributed by atoms with van der Waals surface area (Å²) in [6, 6.07) is 0.401. The molecule has 0 amide bonds. The van der Waals surface area contributed by atoms with Gasteiger partial charge in [-0.3, -0.25) is 0 Å². The summed E-state index contributed by atoms with van der Waals surface area (Å²) in [6.45, 7) is 6.63. The monoisotopic (exact) mass is 241 g/mol. The second-order valence-corrected chi connectivity index (χ2v) is 5.46. The fraction of sp³-hybridized carbons (Fsp3) is 0.833. The van der Waals surface area contributed by atoms with E-state index in [0.717, 1.165) is 18.0 Å². The fourth-order valence-corrected chi connectivity index (χ4v) is 2.07. The number of aromatic nitrogens is 3. The Balaban J connectivity index is 2.24. The second-order valence-electron chi connectivity index (χ2n) is 5.19. The SMILES string of the molecule is CC(C)C(C)n1nnc(CCl)c1CC1CC1. The first-order valence-electron chi connectivity index (χ1n) is 6.12. The van der Waals surface area contributed by atoms with Gasteiger partial charge in [0.15, 0.2) is 0 Å². The van der Waals surface area contributed by atoms with Gasteiger partial charge in [-0.25, -0.2) is 4.68 Å². The zero-order chi connectivity index (χ0) is 11.7. The van der Waals surface area contributed by atoms with E-state index in [4.69, 9.17) is 11.6 Å². The van der Waals surface area contributed by atoms with Crippen LogP contribution in [-0.2, 0) is 12.3 Å². The third-order valence-corrected chi connectivity index (χ3v) is 3.78. The molecule has 1 heterocycles. The van der Waals surface area contributed by atoms with Crippen LogP contribution in [0.15, 0.2) is 0 Å². The first-order valence-corrected chi connectivity index (χ1v) is 6.65. The van der Waals surface area contributed by atoms with Crippen molar-refractivity contribution in [2.45, 2.75) is 52.0 Å². The summed E-state index contributed by atoms with van der Waals surface area (Å²) in [5, 5.41) is 8.47. The number of nitrogens with zero attached hydrogens (tertiary/aromatic N) is 3. The minimum Gasteiger partial charge on any atom is -0.246 e. The summed E-state index contributed by atoms with van der Waals surface area (Å²) < 4.78 is 2.08. The molecule has 1 unspecified atom stereocenters. The predicted molar refractivity (Wildman–Crippen MR) is 65.6 cm³/mol. The average Bonchev–Trinajstić information content (AvgIpc) is 2.97. The molecule has 0 radical (unpaired) electrons. The Hall–Kier alpha value is -0.570. The molecule has 3 nitrogen and oxygen atoms in total. The highest BCUT2D eigenvalue weighted by molar-refractivity contribution is 6.16. The molecule has 0 spiro atoms. The lowest BCUT2D eigenvalue weighted by atomic mass is 10.1. The van der Waals surface area contributed by atoms with Gasteiger partial charge in [0.1, 0.15) is 5.69 Å². The number of hydrogen-bond acceptors (Lipinski definition) is 2. The van der Waals surface area contributed by atoms with Crippen molar-refractivity contribution in [3.8, 4) is 0 Å². The normalized spacial score (nSPS) is 18.1. The molecule has 0 aliphatic heterocycles. The zero-order valence-electron chi connectivity index (χ0n) is 10.3. The molecule has 0 aromatic carbocycles. The molecule has 1 aliphatic rings. The van der Waals surface area contributed by atoms with Crippen LogP contribution < -0.4 is 0 Å². The van der Waals surface area contributed by atoms with Crippen LogP contribution in [0.3, 0.4) is 0 Å². The van der Waals surface area contributed by atoms with E-state index in [1.165, 1.54) is 18.5 Å². The molecule has 0 bridgehead atoms. The molecular weight excluding hydrogens is 222 g/mol. The molecule has 2 rings (SSSR count). The smallest absolute Gasteiger partial charge is 0.101 e. The zero-order valence-corrected chi connectivity index (χ0v) is 11.0. The standard InChI is InChI=1S/C12H20ClN3/c1-8(2)9(3)16-12(6-10-4-5-10)11(7-13)14-15-16/h8-10H,4-7H2,1-3H3. The van der Waals surface area contributed by atoms with Crippen molar-refractivity contribution in [2.75, 3.05) is 0 Å². The highest BCUT2D eigenvalue weighted by atomic mass is 35.5. The van der Waals surface area contributed by atoms with Gasteiger partial charge in [0.05, 0.1) is 17.6 Å². The van der Waals surface area contributed by atoms with E-state index < -0.39 is 0 Å². The molecule has 1 aromatic rings. The van der Waals surface area contributed by atoms with Crippen LogP contribution in [0.2, 0.25) is 0 Å². The maximum absolute atomic E-state index is 5.92. The summed E-state index contributed by atoms with van der Waals surface area (Å²) in [7, 11) is 0. The molecular formula is C12H20ClN3. The van der Waals surface area contributed by atoms with E-state index in [2.05, 4.69) is 35.8 Å². The van der Waals surface area contributed by atoms with Crippen molar-refractivity contribution in [3.63, 3.8) is 0 Å². The van der Waals surface area contributed by atoms with Crippen LogP contribution in [0.25, 0.3) is 0 Å². The Morgan fingerprint density at radius 1 is 1.38 bits per heavy atom. The highest BCUT2D eigenvalue weighted by Gasteiger charge is 2.27. The topological polar surface area (TPSA) is 30.7 Å². The van der Waals surface area contributed by atoms with Crippen LogP contribution in [0, 0.1) is 11.8 Å². The van der Waals surface area contributed by atoms with Gasteiger partial charge in [-0.15, -0.1) is 16.7 Å². The molecule has 4 heteroatoms. The van der Waals surface area contributed by atoms with Gasteiger partial charge >= 0.3 is 0 Å². The summed E-state index contributed by atoms with van der Waals surface area (Å²) in [5.74, 6) is 1.90. The van der Waals surface area contributed by atoms with Gasteiger partial charge in [-0.1, -0.05) is 19.1 Å². The Bertz CT molecular complexity index is 355. The first-order chi connectivity index (χ1) is 7.63. The van der Waals surface area contributed by atoms with Crippen LogP contribution in [0.5, 0.6) is 0 Å². The fourth-order valence-electron chi connectivity index (χ4n) is 1.87. The third-order valence-electron chi connectivity index (χ3n) is 3.53. The van der Waals surface area contributed by atoms with E-state index in [1.807, 2.05) is 0 Å². The van der Waals surface area contributed by atoms with Gasteiger partial charge in [0.25, 0.3) is 0 Å². The van der Waals surface area contributed by atoms with Gasteiger partial charge in [0.2, 0.25) is 0 Å². The molecule has 1 aliphatic carbocycles. The molecule has 16 heavy (non-hydrogen) atoms. The maximum atomic E-state index is 5.92. The molecule has 90 valence electrons. The Labute approximate surface area is 102 Å². The Morgan fingerprint density at radius 3 is 2.56 bits per heavy atom. The van der Waals surface area contributed by atoms with Crippen molar-refractivity contribution in [1.82, 2.24) is 15.0 Å². The molecule has 0 N–H and O–H groups in total. The van der Waals surface area contributed by atoms with Crippen molar-refractivity contribution in [2.24, 2.45) is 11.8 Å². The van der Waals surface area contributed by atoms with E-state index in [0.29, 0.717) is 17.8 Å². The highest BCUT2D eigenvalue weighted by Crippen LogP contribution is 2.34. The predicted octanol–water partition coefficient (Wildman–Crippen LogP) is 3.19. The molecule has 1 fully saturated rings. The molecule has 1 aromatic heterocycles. The largest absolute Gasteiger partial charge is 0.246 e. The van der Waals surface area contributed by atoms with Gasteiger partial charge in [-0.2, -0.15) is 0 Å². The number of hydrogen-bond donors (Lipinski definition) is 0. The number of alkyl halides is 1. The Morgan fingerprint density at radius 2 is 2.06 bits per heavy atom. The van der Waals surface area contributed by atoms with Crippen LogP contribution in [-0.4, -0.2) is 15.0 Å². The summed E-state index contributed by atoms with van der Waals surface area (Å²) >= 11 is 5.92. The van der Waals surface area contributed by atoms with Crippen LogP contribution in [0.4, 0.5) is 0 Å². The third kappa shape index (κ3) is 2.40. The second kappa shape index (κ2) is 4.74. The van der Waals surface area contributed by atoms with Crippen molar-refractivity contribution in [1.29, 1.82) is 0 Å². The quantitative estimate of drug-likeness (QED) is 0.742. The number of rotatable bonds is 5. The maximum Gasteiger partial charge on any atom is 0.101 e. The van der Waals surface area contributed by atoms with E-state index >= 15 is 0 Å². The lowest BCUT2D eigenvalue weighted by Crippen LogP contribution is -2.16. The lowest BCUT2D eigenvalue weighted by Gasteiger charge is -2.18.